The summed E-state index contributed by atoms with van der Waals surface area (Å²) in [4.78, 5) is 0. The molecule has 0 spiro atoms. The summed E-state index contributed by atoms with van der Waals surface area (Å²) in [5.74, 6) is -1.45. The van der Waals surface area contributed by atoms with Crippen molar-refractivity contribution in [2.24, 2.45) is 0 Å². The van der Waals surface area contributed by atoms with Crippen LogP contribution in [0.25, 0.3) is 33.5 Å². The van der Waals surface area contributed by atoms with Crippen molar-refractivity contribution >= 4 is 22.6 Å². The number of aliphatic hydroxyl groups is 1. The molecule has 4 aromatic rings. The van der Waals surface area contributed by atoms with Gasteiger partial charge in [0.2, 0.25) is 0 Å². The van der Waals surface area contributed by atoms with Crippen LogP contribution in [-0.2, 0) is 6.54 Å². The Morgan fingerprint density at radius 1 is 0.926 bits per heavy atom. The average Bonchev–Trinajstić information content (AvgIpc) is 3.02. The van der Waals surface area contributed by atoms with Gasteiger partial charge in [-0.15, -0.1) is 10.2 Å². The molecule has 136 valence electrons. The third-order valence-electron chi connectivity index (χ3n) is 4.09. The SMILES string of the molecule is OCCn1nc(-c2cc(F)cc(F)c2)c2c(Cl)c(-c3ccccc3)nnc21. The fourth-order valence-corrected chi connectivity index (χ4v) is 3.26. The molecule has 1 N–H and O–H groups in total. The molecule has 5 nitrogen and oxygen atoms in total. The number of rotatable bonds is 4. The monoisotopic (exact) mass is 386 g/mol. The van der Waals surface area contributed by atoms with E-state index in [1.54, 1.807) is 0 Å². The topological polar surface area (TPSA) is 63.8 Å². The number of benzene rings is 2. The van der Waals surface area contributed by atoms with E-state index in [4.69, 9.17) is 11.6 Å². The van der Waals surface area contributed by atoms with Crippen LogP contribution in [0.15, 0.2) is 48.5 Å². The lowest BCUT2D eigenvalue weighted by atomic mass is 10.1. The third kappa shape index (κ3) is 3.15. The Labute approximate surface area is 157 Å². The first-order chi connectivity index (χ1) is 13.1. The van der Waals surface area contributed by atoms with Gasteiger partial charge in [-0.2, -0.15) is 5.10 Å². The van der Waals surface area contributed by atoms with Crippen molar-refractivity contribution < 1.29 is 13.9 Å². The van der Waals surface area contributed by atoms with E-state index in [2.05, 4.69) is 15.3 Å². The second-order valence-electron chi connectivity index (χ2n) is 5.88. The highest BCUT2D eigenvalue weighted by Crippen LogP contribution is 2.37. The number of aliphatic hydroxyl groups excluding tert-OH is 1. The Kier molecular flexibility index (Phi) is 4.55. The molecule has 0 aliphatic rings. The standard InChI is InChI=1S/C19H13ClF2N4O/c20-16-15-17(12-8-13(21)10-14(22)9-12)25-26(6-7-27)19(15)24-23-18(16)11-4-2-1-3-5-11/h1-5,8-10,27H,6-7H2. The van der Waals surface area contributed by atoms with Crippen LogP contribution in [0.3, 0.4) is 0 Å². The quantitative estimate of drug-likeness (QED) is 0.574. The summed E-state index contributed by atoms with van der Waals surface area (Å²) in [6.07, 6.45) is 0. The van der Waals surface area contributed by atoms with Crippen molar-refractivity contribution in [1.82, 2.24) is 20.0 Å². The van der Waals surface area contributed by atoms with E-state index in [-0.39, 0.29) is 29.4 Å². The lowest BCUT2D eigenvalue weighted by Crippen LogP contribution is -2.05. The Morgan fingerprint density at radius 2 is 1.63 bits per heavy atom. The Bertz CT molecular complexity index is 1110. The van der Waals surface area contributed by atoms with Gasteiger partial charge in [0.15, 0.2) is 5.65 Å². The normalized spacial score (nSPS) is 11.3. The maximum Gasteiger partial charge on any atom is 0.182 e. The summed E-state index contributed by atoms with van der Waals surface area (Å²) in [7, 11) is 0. The zero-order chi connectivity index (χ0) is 19.0. The minimum atomic E-state index is -0.726. The van der Waals surface area contributed by atoms with E-state index in [1.165, 1.54) is 16.8 Å². The molecular formula is C19H13ClF2N4O. The summed E-state index contributed by atoms with van der Waals surface area (Å²) in [5.41, 5.74) is 2.01. The van der Waals surface area contributed by atoms with E-state index in [0.29, 0.717) is 16.7 Å². The summed E-state index contributed by atoms with van der Waals surface area (Å²) in [5, 5.41) is 22.7. The molecule has 27 heavy (non-hydrogen) atoms. The summed E-state index contributed by atoms with van der Waals surface area (Å²) < 4.78 is 28.9. The molecule has 0 unspecified atom stereocenters. The van der Waals surface area contributed by atoms with Gasteiger partial charge in [-0.25, -0.2) is 13.5 Å². The average molecular weight is 387 g/mol. The first-order valence-electron chi connectivity index (χ1n) is 8.14. The molecule has 8 heteroatoms. The summed E-state index contributed by atoms with van der Waals surface area (Å²) >= 11 is 6.62. The lowest BCUT2D eigenvalue weighted by molar-refractivity contribution is 0.271. The molecule has 0 radical (unpaired) electrons. The van der Waals surface area contributed by atoms with Crippen LogP contribution >= 0.6 is 11.6 Å². The smallest absolute Gasteiger partial charge is 0.182 e. The van der Waals surface area contributed by atoms with Crippen molar-refractivity contribution in [3.8, 4) is 22.5 Å². The number of halogens is 3. The Morgan fingerprint density at radius 3 is 2.30 bits per heavy atom. The highest BCUT2D eigenvalue weighted by atomic mass is 35.5. The zero-order valence-electron chi connectivity index (χ0n) is 13.9. The van der Waals surface area contributed by atoms with Crippen LogP contribution < -0.4 is 0 Å². The van der Waals surface area contributed by atoms with Gasteiger partial charge in [0.1, 0.15) is 23.0 Å². The second-order valence-corrected chi connectivity index (χ2v) is 6.26. The molecule has 2 aromatic heterocycles. The van der Waals surface area contributed by atoms with E-state index >= 15 is 0 Å². The first kappa shape index (κ1) is 17.5. The van der Waals surface area contributed by atoms with Crippen LogP contribution in [0, 0.1) is 11.6 Å². The van der Waals surface area contributed by atoms with Crippen LogP contribution in [0.4, 0.5) is 8.78 Å². The summed E-state index contributed by atoms with van der Waals surface area (Å²) in [6, 6.07) is 12.4. The molecule has 0 aliphatic heterocycles. The largest absolute Gasteiger partial charge is 0.394 e. The van der Waals surface area contributed by atoms with Gasteiger partial charge in [0.25, 0.3) is 0 Å². The Balaban J connectivity index is 2.03. The highest BCUT2D eigenvalue weighted by Gasteiger charge is 2.21. The maximum absolute atomic E-state index is 13.7. The number of aromatic nitrogens is 4. The van der Waals surface area contributed by atoms with Gasteiger partial charge >= 0.3 is 0 Å². The van der Waals surface area contributed by atoms with Crippen molar-refractivity contribution in [2.75, 3.05) is 6.61 Å². The van der Waals surface area contributed by atoms with Gasteiger partial charge in [0, 0.05) is 17.2 Å². The van der Waals surface area contributed by atoms with E-state index in [0.717, 1.165) is 11.6 Å². The van der Waals surface area contributed by atoms with E-state index < -0.39 is 11.6 Å². The second kappa shape index (κ2) is 7.02. The fraction of sp³-hybridized carbons (Fsp3) is 0.105. The third-order valence-corrected chi connectivity index (χ3v) is 4.46. The van der Waals surface area contributed by atoms with E-state index in [9.17, 15) is 13.9 Å². The number of nitrogens with zero attached hydrogens (tertiary/aromatic N) is 4. The molecule has 0 saturated carbocycles. The zero-order valence-corrected chi connectivity index (χ0v) is 14.7. The molecule has 2 aromatic carbocycles. The molecule has 0 amide bonds. The number of hydrogen-bond acceptors (Lipinski definition) is 4. The summed E-state index contributed by atoms with van der Waals surface area (Å²) in [6.45, 7) is -0.0442. The number of hydrogen-bond donors (Lipinski definition) is 1. The molecular weight excluding hydrogens is 374 g/mol. The molecule has 0 fully saturated rings. The van der Waals surface area contributed by atoms with Gasteiger partial charge in [-0.05, 0) is 12.1 Å². The van der Waals surface area contributed by atoms with Crippen LogP contribution in [-0.4, -0.2) is 31.7 Å². The van der Waals surface area contributed by atoms with Crippen LogP contribution in [0.5, 0.6) is 0 Å². The first-order valence-corrected chi connectivity index (χ1v) is 8.51. The molecule has 0 saturated heterocycles. The molecule has 4 rings (SSSR count). The van der Waals surface area contributed by atoms with Crippen molar-refractivity contribution in [2.45, 2.75) is 6.54 Å². The van der Waals surface area contributed by atoms with Crippen molar-refractivity contribution in [1.29, 1.82) is 0 Å². The predicted octanol–water partition coefficient (Wildman–Crippen LogP) is 4.08. The van der Waals surface area contributed by atoms with Crippen molar-refractivity contribution in [3.05, 3.63) is 65.2 Å². The van der Waals surface area contributed by atoms with Gasteiger partial charge in [-0.1, -0.05) is 41.9 Å². The minimum Gasteiger partial charge on any atom is -0.394 e. The van der Waals surface area contributed by atoms with Crippen LogP contribution in [0.2, 0.25) is 5.02 Å². The van der Waals surface area contributed by atoms with Gasteiger partial charge in [0.05, 0.1) is 23.6 Å². The minimum absolute atomic E-state index is 0.143. The van der Waals surface area contributed by atoms with E-state index in [1.807, 2.05) is 30.3 Å². The molecule has 0 bridgehead atoms. The predicted molar refractivity (Wildman–Crippen MR) is 98.2 cm³/mol. The molecule has 0 atom stereocenters. The lowest BCUT2D eigenvalue weighted by Gasteiger charge is -2.05. The van der Waals surface area contributed by atoms with Crippen LogP contribution in [0.1, 0.15) is 0 Å². The van der Waals surface area contributed by atoms with Gasteiger partial charge < -0.3 is 5.11 Å². The highest BCUT2D eigenvalue weighted by molar-refractivity contribution is 6.38. The number of fused-ring (bicyclic) bond motifs is 1. The maximum atomic E-state index is 13.7. The molecule has 0 aliphatic carbocycles. The fourth-order valence-electron chi connectivity index (χ4n) is 2.94. The van der Waals surface area contributed by atoms with Gasteiger partial charge in [-0.3, -0.25) is 0 Å². The van der Waals surface area contributed by atoms with Crippen molar-refractivity contribution in [3.63, 3.8) is 0 Å². The Hall–Kier alpha value is -2.90. The molecule has 2 heterocycles.